The largest absolute Gasteiger partial charge is 0.420 e. The van der Waals surface area contributed by atoms with Crippen LogP contribution in [0.5, 0.6) is 0 Å². The van der Waals surface area contributed by atoms with Crippen molar-refractivity contribution in [2.75, 3.05) is 0 Å². The number of rotatable bonds is 5. The highest BCUT2D eigenvalue weighted by Crippen LogP contribution is 2.25. The molecule has 0 unspecified atom stereocenters. The lowest BCUT2D eigenvalue weighted by molar-refractivity contribution is 0.528. The summed E-state index contributed by atoms with van der Waals surface area (Å²) >= 11 is 7.35. The monoisotopic (exact) mass is 420 g/mol. The molecule has 0 bridgehead atoms. The van der Waals surface area contributed by atoms with Crippen molar-refractivity contribution in [1.29, 1.82) is 0 Å². The number of benzene rings is 2. The van der Waals surface area contributed by atoms with E-state index in [1.807, 2.05) is 54.6 Å². The van der Waals surface area contributed by atoms with E-state index in [2.05, 4.69) is 25.5 Å². The molecule has 0 atom stereocenters. The standard InChI is InChI=1S/C20H13ClN6OS/c21-15-8-6-14(7-9-15)19-24-23-18(28-19)12-29-20-25-22-17-11-10-16(26-27(17)20)13-4-2-1-3-5-13/h1-11H,12H2. The molecule has 0 spiro atoms. The van der Waals surface area contributed by atoms with E-state index < -0.39 is 0 Å². The first-order valence-electron chi connectivity index (χ1n) is 8.75. The Balaban J connectivity index is 1.36. The van der Waals surface area contributed by atoms with Crippen LogP contribution in [0.25, 0.3) is 28.4 Å². The third-order valence-corrected chi connectivity index (χ3v) is 5.34. The Morgan fingerprint density at radius 3 is 2.48 bits per heavy atom. The van der Waals surface area contributed by atoms with Crippen molar-refractivity contribution in [2.24, 2.45) is 0 Å². The van der Waals surface area contributed by atoms with Gasteiger partial charge in [-0.3, -0.25) is 0 Å². The highest BCUT2D eigenvalue weighted by molar-refractivity contribution is 7.98. The fourth-order valence-electron chi connectivity index (χ4n) is 2.77. The summed E-state index contributed by atoms with van der Waals surface area (Å²) in [6, 6.07) is 21.1. The molecule has 142 valence electrons. The zero-order chi connectivity index (χ0) is 19.6. The van der Waals surface area contributed by atoms with Gasteiger partial charge in [-0.15, -0.1) is 20.4 Å². The van der Waals surface area contributed by atoms with E-state index in [1.165, 1.54) is 11.8 Å². The summed E-state index contributed by atoms with van der Waals surface area (Å²) in [6.45, 7) is 0. The number of hydrogen-bond donors (Lipinski definition) is 0. The number of aromatic nitrogens is 6. The van der Waals surface area contributed by atoms with Crippen molar-refractivity contribution in [2.45, 2.75) is 10.9 Å². The summed E-state index contributed by atoms with van der Waals surface area (Å²) in [4.78, 5) is 0. The van der Waals surface area contributed by atoms with Crippen LogP contribution < -0.4 is 0 Å². The Hall–Kier alpha value is -3.23. The number of nitrogens with zero attached hydrogens (tertiary/aromatic N) is 6. The van der Waals surface area contributed by atoms with Gasteiger partial charge < -0.3 is 4.42 Å². The highest BCUT2D eigenvalue weighted by Gasteiger charge is 2.13. The van der Waals surface area contributed by atoms with Gasteiger partial charge in [-0.25, -0.2) is 0 Å². The summed E-state index contributed by atoms with van der Waals surface area (Å²) < 4.78 is 7.47. The van der Waals surface area contributed by atoms with Crippen LogP contribution in [0, 0.1) is 0 Å². The van der Waals surface area contributed by atoms with Crippen LogP contribution >= 0.6 is 23.4 Å². The molecule has 3 heterocycles. The van der Waals surface area contributed by atoms with Crippen LogP contribution in [0.4, 0.5) is 0 Å². The van der Waals surface area contributed by atoms with E-state index >= 15 is 0 Å². The van der Waals surface area contributed by atoms with E-state index in [9.17, 15) is 0 Å². The zero-order valence-corrected chi connectivity index (χ0v) is 16.5. The first-order valence-corrected chi connectivity index (χ1v) is 10.1. The molecule has 9 heteroatoms. The predicted molar refractivity (Wildman–Crippen MR) is 111 cm³/mol. The first kappa shape index (κ1) is 17.8. The van der Waals surface area contributed by atoms with Gasteiger partial charge in [0.05, 0.1) is 11.4 Å². The van der Waals surface area contributed by atoms with Gasteiger partial charge in [0, 0.05) is 16.1 Å². The third kappa shape index (κ3) is 3.72. The van der Waals surface area contributed by atoms with Gasteiger partial charge in [0.2, 0.25) is 16.9 Å². The van der Waals surface area contributed by atoms with Crippen LogP contribution in [0.2, 0.25) is 5.02 Å². The van der Waals surface area contributed by atoms with Crippen molar-refractivity contribution in [3.05, 3.63) is 77.6 Å². The van der Waals surface area contributed by atoms with Crippen LogP contribution in [-0.4, -0.2) is 30.0 Å². The molecule has 0 aliphatic heterocycles. The smallest absolute Gasteiger partial charge is 0.247 e. The average Bonchev–Trinajstić information content (AvgIpc) is 3.40. The molecule has 0 saturated heterocycles. The maximum atomic E-state index is 5.92. The lowest BCUT2D eigenvalue weighted by Gasteiger charge is -2.02. The van der Waals surface area contributed by atoms with Crippen molar-refractivity contribution >= 4 is 29.0 Å². The molecule has 3 aromatic heterocycles. The molecule has 0 N–H and O–H groups in total. The van der Waals surface area contributed by atoms with Gasteiger partial charge in [0.1, 0.15) is 0 Å². The maximum absolute atomic E-state index is 5.92. The van der Waals surface area contributed by atoms with Crippen molar-refractivity contribution in [3.8, 4) is 22.7 Å². The van der Waals surface area contributed by atoms with Crippen LogP contribution in [0.15, 0.2) is 76.3 Å². The topological polar surface area (TPSA) is 82.0 Å². The molecule has 0 aliphatic rings. The van der Waals surface area contributed by atoms with Gasteiger partial charge in [-0.2, -0.15) is 9.61 Å². The van der Waals surface area contributed by atoms with E-state index in [4.69, 9.17) is 16.0 Å². The van der Waals surface area contributed by atoms with Gasteiger partial charge in [0.25, 0.3) is 0 Å². The molecule has 5 rings (SSSR count). The lowest BCUT2D eigenvalue weighted by atomic mass is 10.1. The van der Waals surface area contributed by atoms with E-state index in [-0.39, 0.29) is 0 Å². The van der Waals surface area contributed by atoms with E-state index in [0.29, 0.717) is 33.4 Å². The average molecular weight is 421 g/mol. The van der Waals surface area contributed by atoms with Crippen molar-refractivity contribution in [3.63, 3.8) is 0 Å². The molecule has 0 fully saturated rings. The van der Waals surface area contributed by atoms with Crippen LogP contribution in [0.3, 0.4) is 0 Å². The van der Waals surface area contributed by atoms with Gasteiger partial charge in [-0.05, 0) is 36.4 Å². The minimum absolute atomic E-state index is 0.452. The second-order valence-electron chi connectivity index (χ2n) is 6.13. The molecule has 2 aromatic carbocycles. The molecule has 29 heavy (non-hydrogen) atoms. The minimum Gasteiger partial charge on any atom is -0.420 e. The molecule has 0 radical (unpaired) electrons. The molecule has 7 nitrogen and oxygen atoms in total. The Bertz CT molecular complexity index is 1270. The summed E-state index contributed by atoms with van der Waals surface area (Å²) in [5, 5.41) is 22.6. The summed E-state index contributed by atoms with van der Waals surface area (Å²) in [7, 11) is 0. The Labute approximate surface area is 174 Å². The van der Waals surface area contributed by atoms with Crippen LogP contribution in [0.1, 0.15) is 5.89 Å². The first-order chi connectivity index (χ1) is 14.3. The van der Waals surface area contributed by atoms with Gasteiger partial charge in [-0.1, -0.05) is 53.7 Å². The molecule has 0 aliphatic carbocycles. The molecular formula is C20H13ClN6OS. The maximum Gasteiger partial charge on any atom is 0.247 e. The zero-order valence-electron chi connectivity index (χ0n) is 14.9. The summed E-state index contributed by atoms with van der Waals surface area (Å²) in [6.07, 6.45) is 0. The number of thioether (sulfide) groups is 1. The van der Waals surface area contributed by atoms with E-state index in [1.54, 1.807) is 16.6 Å². The number of hydrogen-bond acceptors (Lipinski definition) is 7. The number of fused-ring (bicyclic) bond motifs is 1. The van der Waals surface area contributed by atoms with Gasteiger partial charge >= 0.3 is 0 Å². The normalized spacial score (nSPS) is 11.2. The fraction of sp³-hybridized carbons (Fsp3) is 0.0500. The summed E-state index contributed by atoms with van der Waals surface area (Å²) in [5.74, 6) is 1.40. The van der Waals surface area contributed by atoms with Crippen molar-refractivity contribution < 1.29 is 4.42 Å². The molecule has 0 amide bonds. The highest BCUT2D eigenvalue weighted by atomic mass is 35.5. The quantitative estimate of drug-likeness (QED) is 0.378. The van der Waals surface area contributed by atoms with Gasteiger partial charge in [0.15, 0.2) is 5.65 Å². The predicted octanol–water partition coefficient (Wildman–Crippen LogP) is 4.79. The molecular weight excluding hydrogens is 408 g/mol. The molecule has 5 aromatic rings. The number of halogens is 1. The third-order valence-electron chi connectivity index (χ3n) is 4.19. The second kappa shape index (κ2) is 7.65. The second-order valence-corrected chi connectivity index (χ2v) is 7.51. The fourth-order valence-corrected chi connectivity index (χ4v) is 3.62. The molecule has 0 saturated carbocycles. The Morgan fingerprint density at radius 2 is 1.66 bits per heavy atom. The Kier molecular flexibility index (Phi) is 4.71. The van der Waals surface area contributed by atoms with Crippen LogP contribution in [-0.2, 0) is 5.75 Å². The van der Waals surface area contributed by atoms with E-state index in [0.717, 1.165) is 16.8 Å². The minimum atomic E-state index is 0.452. The lowest BCUT2D eigenvalue weighted by Crippen LogP contribution is -1.96. The van der Waals surface area contributed by atoms with Crippen molar-refractivity contribution in [1.82, 2.24) is 30.0 Å². The Morgan fingerprint density at radius 1 is 0.828 bits per heavy atom. The summed E-state index contributed by atoms with van der Waals surface area (Å²) in [5.41, 5.74) is 3.38. The SMILES string of the molecule is Clc1ccc(-c2nnc(CSc3nnc4ccc(-c5ccccc5)nn34)o2)cc1.